The molecule has 0 aliphatic rings. The van der Waals surface area contributed by atoms with Gasteiger partial charge in [-0.2, -0.15) is 0 Å². The van der Waals surface area contributed by atoms with E-state index >= 15 is 0 Å². The molecule has 1 rings (SSSR count). The van der Waals surface area contributed by atoms with Gasteiger partial charge in [0, 0.05) is 17.1 Å². The van der Waals surface area contributed by atoms with E-state index < -0.39 is 11.5 Å². The van der Waals surface area contributed by atoms with Crippen LogP contribution in [0, 0.1) is 0 Å². The van der Waals surface area contributed by atoms with Crippen molar-refractivity contribution >= 4 is 23.5 Å². The highest BCUT2D eigenvalue weighted by Gasteiger charge is 2.37. The first-order chi connectivity index (χ1) is 8.30. The summed E-state index contributed by atoms with van der Waals surface area (Å²) in [5, 5.41) is 9.62. The van der Waals surface area contributed by atoms with Crippen LogP contribution in [0.5, 0.6) is 0 Å². The van der Waals surface area contributed by atoms with Gasteiger partial charge in [0.25, 0.3) is 5.91 Å². The molecule has 1 aromatic rings. The van der Waals surface area contributed by atoms with Gasteiger partial charge < -0.3 is 10.0 Å². The third-order valence-electron chi connectivity index (χ3n) is 2.83. The second-order valence-corrected chi connectivity index (χ2v) is 4.86. The third-order valence-corrected chi connectivity index (χ3v) is 3.07. The van der Waals surface area contributed by atoms with Crippen molar-refractivity contribution in [3.63, 3.8) is 0 Å². The van der Waals surface area contributed by atoms with E-state index in [1.165, 1.54) is 24.8 Å². The van der Waals surface area contributed by atoms with E-state index in [1.54, 1.807) is 25.1 Å². The number of halogens is 1. The Balaban J connectivity index is 3.11. The molecule has 0 bridgehead atoms. The number of benzene rings is 1. The van der Waals surface area contributed by atoms with Gasteiger partial charge in [-0.25, -0.2) is 4.79 Å². The van der Waals surface area contributed by atoms with E-state index in [4.69, 9.17) is 11.6 Å². The molecule has 98 valence electrons. The van der Waals surface area contributed by atoms with Crippen molar-refractivity contribution in [2.45, 2.75) is 26.3 Å². The van der Waals surface area contributed by atoms with Gasteiger partial charge in [-0.15, -0.1) is 0 Å². The van der Waals surface area contributed by atoms with Crippen molar-refractivity contribution in [3.05, 3.63) is 34.9 Å². The van der Waals surface area contributed by atoms with Crippen molar-refractivity contribution in [3.8, 4) is 0 Å². The number of hydrogen-bond acceptors (Lipinski definition) is 2. The smallest absolute Gasteiger partial charge is 0.329 e. The number of nitrogens with zero attached hydrogens (tertiary/aromatic N) is 1. The molecule has 18 heavy (non-hydrogen) atoms. The van der Waals surface area contributed by atoms with Crippen LogP contribution in [0.3, 0.4) is 0 Å². The number of carboxylic acids is 1. The van der Waals surface area contributed by atoms with Gasteiger partial charge in [0.1, 0.15) is 5.54 Å². The van der Waals surface area contributed by atoms with Crippen LogP contribution in [-0.4, -0.2) is 34.0 Å². The first-order valence-electron chi connectivity index (χ1n) is 5.61. The van der Waals surface area contributed by atoms with Crippen molar-refractivity contribution in [2.24, 2.45) is 0 Å². The Kier molecular flexibility index (Phi) is 4.35. The lowest BCUT2D eigenvalue weighted by Gasteiger charge is -2.34. The van der Waals surface area contributed by atoms with E-state index in [9.17, 15) is 14.7 Å². The number of aliphatic carboxylic acids is 1. The lowest BCUT2D eigenvalue weighted by atomic mass is 10.0. The molecule has 0 heterocycles. The first kappa shape index (κ1) is 14.5. The molecule has 0 fully saturated rings. The molecular formula is C13H16ClNO3. The summed E-state index contributed by atoms with van der Waals surface area (Å²) >= 11 is 5.83. The van der Waals surface area contributed by atoms with E-state index in [-0.39, 0.29) is 5.91 Å². The maximum Gasteiger partial charge on any atom is 0.329 e. The van der Waals surface area contributed by atoms with Crippen LogP contribution in [0.1, 0.15) is 31.1 Å². The molecule has 0 aliphatic heterocycles. The SMILES string of the molecule is CCN(C(=O)c1cccc(Cl)c1)C(C)(C)C(=O)O. The molecule has 1 aromatic carbocycles. The van der Waals surface area contributed by atoms with Crippen LogP contribution >= 0.6 is 11.6 Å². The van der Waals surface area contributed by atoms with Crippen LogP contribution < -0.4 is 0 Å². The minimum absolute atomic E-state index is 0.310. The number of amides is 1. The zero-order valence-electron chi connectivity index (χ0n) is 10.6. The molecule has 1 N–H and O–H groups in total. The molecule has 4 nitrogen and oxygen atoms in total. The average Bonchev–Trinajstić information content (AvgIpc) is 2.29. The summed E-state index contributed by atoms with van der Waals surface area (Å²) in [6.07, 6.45) is 0. The largest absolute Gasteiger partial charge is 0.480 e. The van der Waals surface area contributed by atoms with Crippen LogP contribution in [-0.2, 0) is 4.79 Å². The minimum atomic E-state index is -1.26. The van der Waals surface area contributed by atoms with Crippen molar-refractivity contribution in [2.75, 3.05) is 6.54 Å². The zero-order chi connectivity index (χ0) is 13.9. The van der Waals surface area contributed by atoms with Gasteiger partial charge >= 0.3 is 5.97 Å². The molecule has 0 spiro atoms. The Morgan fingerprint density at radius 2 is 2.00 bits per heavy atom. The fourth-order valence-electron chi connectivity index (χ4n) is 1.69. The highest BCUT2D eigenvalue weighted by Crippen LogP contribution is 2.20. The normalized spacial score (nSPS) is 11.1. The summed E-state index contributed by atoms with van der Waals surface area (Å²) in [4.78, 5) is 24.8. The zero-order valence-corrected chi connectivity index (χ0v) is 11.4. The lowest BCUT2D eigenvalue weighted by Crippen LogP contribution is -2.52. The Bertz CT molecular complexity index is 471. The molecule has 0 radical (unpaired) electrons. The monoisotopic (exact) mass is 269 g/mol. The first-order valence-corrected chi connectivity index (χ1v) is 5.99. The molecule has 5 heteroatoms. The number of carbonyl (C=O) groups excluding carboxylic acids is 1. The number of hydrogen-bond donors (Lipinski definition) is 1. The van der Waals surface area contributed by atoms with E-state index in [0.29, 0.717) is 17.1 Å². The van der Waals surface area contributed by atoms with Crippen LogP contribution in [0.2, 0.25) is 5.02 Å². The van der Waals surface area contributed by atoms with Gasteiger partial charge in [-0.1, -0.05) is 17.7 Å². The van der Waals surface area contributed by atoms with Gasteiger partial charge in [0.05, 0.1) is 0 Å². The van der Waals surface area contributed by atoms with Crippen LogP contribution in [0.15, 0.2) is 24.3 Å². The van der Waals surface area contributed by atoms with Crippen molar-refractivity contribution in [1.82, 2.24) is 4.90 Å². The standard InChI is InChI=1S/C13H16ClNO3/c1-4-15(13(2,3)12(17)18)11(16)9-6-5-7-10(14)8-9/h5-8H,4H2,1-3H3,(H,17,18). The fraction of sp³-hybridized carbons (Fsp3) is 0.385. The van der Waals surface area contributed by atoms with Crippen molar-refractivity contribution < 1.29 is 14.7 Å². The molecule has 0 unspecified atom stereocenters. The Hall–Kier alpha value is -1.55. The number of rotatable bonds is 4. The quantitative estimate of drug-likeness (QED) is 0.914. The second-order valence-electron chi connectivity index (χ2n) is 4.42. The average molecular weight is 270 g/mol. The third kappa shape index (κ3) is 2.82. The van der Waals surface area contributed by atoms with Gasteiger partial charge in [-0.05, 0) is 39.0 Å². The predicted octanol–water partition coefficient (Wildman–Crippen LogP) is 2.67. The highest BCUT2D eigenvalue weighted by molar-refractivity contribution is 6.31. The summed E-state index contributed by atoms with van der Waals surface area (Å²) in [6, 6.07) is 6.48. The van der Waals surface area contributed by atoms with Crippen molar-refractivity contribution in [1.29, 1.82) is 0 Å². The summed E-state index contributed by atoms with van der Waals surface area (Å²) in [7, 11) is 0. The van der Waals surface area contributed by atoms with E-state index in [0.717, 1.165) is 0 Å². The number of carboxylic acid groups (broad SMARTS) is 1. The number of likely N-dealkylation sites (N-methyl/N-ethyl adjacent to an activating group) is 1. The predicted molar refractivity (Wildman–Crippen MR) is 69.9 cm³/mol. The number of carbonyl (C=O) groups is 2. The highest BCUT2D eigenvalue weighted by atomic mass is 35.5. The lowest BCUT2D eigenvalue weighted by molar-refractivity contribution is -0.147. The van der Waals surface area contributed by atoms with Crippen LogP contribution in [0.25, 0.3) is 0 Å². The maximum absolute atomic E-state index is 12.3. The molecule has 0 aliphatic carbocycles. The molecule has 0 aromatic heterocycles. The second kappa shape index (κ2) is 5.40. The molecule has 0 saturated carbocycles. The van der Waals surface area contributed by atoms with Gasteiger partial charge in [0.2, 0.25) is 0 Å². The van der Waals surface area contributed by atoms with E-state index in [1.807, 2.05) is 0 Å². The summed E-state index contributed by atoms with van der Waals surface area (Å²) in [5.74, 6) is -1.38. The summed E-state index contributed by atoms with van der Waals surface area (Å²) < 4.78 is 0. The molecule has 0 saturated heterocycles. The Labute approximate surface area is 111 Å². The van der Waals surface area contributed by atoms with Crippen LogP contribution in [0.4, 0.5) is 0 Å². The van der Waals surface area contributed by atoms with Gasteiger partial charge in [0.15, 0.2) is 0 Å². The summed E-state index contributed by atoms with van der Waals surface area (Å²) in [6.45, 7) is 5.06. The van der Waals surface area contributed by atoms with E-state index in [2.05, 4.69) is 0 Å². The Morgan fingerprint density at radius 3 is 2.44 bits per heavy atom. The van der Waals surface area contributed by atoms with Gasteiger partial charge in [-0.3, -0.25) is 4.79 Å². The summed E-state index contributed by atoms with van der Waals surface area (Å²) in [5.41, 5.74) is -0.868. The topological polar surface area (TPSA) is 57.6 Å². The molecule has 0 atom stereocenters. The molecule has 1 amide bonds. The maximum atomic E-state index is 12.3. The Morgan fingerprint density at radius 1 is 1.39 bits per heavy atom. The minimum Gasteiger partial charge on any atom is -0.480 e. The fourth-order valence-corrected chi connectivity index (χ4v) is 1.88. The molecular weight excluding hydrogens is 254 g/mol.